The van der Waals surface area contributed by atoms with Gasteiger partial charge in [-0.3, -0.25) is 0 Å². The van der Waals surface area contributed by atoms with E-state index in [4.69, 9.17) is 9.47 Å². The van der Waals surface area contributed by atoms with Crippen molar-refractivity contribution in [2.75, 3.05) is 7.11 Å². The predicted molar refractivity (Wildman–Crippen MR) is 82.4 cm³/mol. The summed E-state index contributed by atoms with van der Waals surface area (Å²) in [6.07, 6.45) is 6.86. The van der Waals surface area contributed by atoms with Crippen molar-refractivity contribution >= 4 is 6.09 Å². The second-order valence-electron chi connectivity index (χ2n) is 7.40. The van der Waals surface area contributed by atoms with Gasteiger partial charge in [-0.1, -0.05) is 0 Å². The molecule has 0 bridgehead atoms. The van der Waals surface area contributed by atoms with Gasteiger partial charge in [-0.05, 0) is 59.3 Å². The van der Waals surface area contributed by atoms with Crippen molar-refractivity contribution in [2.45, 2.75) is 89.1 Å². The van der Waals surface area contributed by atoms with E-state index in [1.165, 1.54) is 19.3 Å². The molecule has 2 aliphatic carbocycles. The van der Waals surface area contributed by atoms with Crippen LogP contribution in [0.4, 0.5) is 4.79 Å². The number of amides is 1. The molecule has 2 N–H and O–H groups in total. The quantitative estimate of drug-likeness (QED) is 0.837. The van der Waals surface area contributed by atoms with Crippen molar-refractivity contribution in [3.05, 3.63) is 0 Å². The van der Waals surface area contributed by atoms with Crippen LogP contribution in [0.15, 0.2) is 0 Å². The second kappa shape index (κ2) is 6.97. The topological polar surface area (TPSA) is 59.6 Å². The molecule has 2 saturated carbocycles. The summed E-state index contributed by atoms with van der Waals surface area (Å²) in [7, 11) is 1.80. The normalized spacial score (nSPS) is 33.1. The maximum Gasteiger partial charge on any atom is 0.407 e. The summed E-state index contributed by atoms with van der Waals surface area (Å²) in [6, 6.07) is 1.33. The first-order chi connectivity index (χ1) is 9.85. The van der Waals surface area contributed by atoms with Gasteiger partial charge in [0.25, 0.3) is 0 Å². The molecule has 0 spiro atoms. The molecule has 0 aromatic rings. The highest BCUT2D eigenvalue weighted by Crippen LogP contribution is 2.26. The van der Waals surface area contributed by atoms with Crippen LogP contribution in [0.25, 0.3) is 0 Å². The summed E-state index contributed by atoms with van der Waals surface area (Å²) >= 11 is 0. The molecule has 21 heavy (non-hydrogen) atoms. The van der Waals surface area contributed by atoms with Crippen molar-refractivity contribution in [3.8, 4) is 0 Å². The summed E-state index contributed by atoms with van der Waals surface area (Å²) in [5.41, 5.74) is -0.428. The Kier molecular flexibility index (Phi) is 5.49. The minimum absolute atomic E-state index is 0.249. The van der Waals surface area contributed by atoms with Gasteiger partial charge in [0.1, 0.15) is 5.60 Å². The molecule has 2 atom stereocenters. The Bertz CT molecular complexity index is 348. The van der Waals surface area contributed by atoms with E-state index in [2.05, 4.69) is 10.6 Å². The third-order valence-corrected chi connectivity index (χ3v) is 4.29. The number of nitrogens with one attached hydrogen (secondary N) is 2. The molecule has 0 saturated heterocycles. The molecular weight excluding hydrogens is 268 g/mol. The van der Waals surface area contributed by atoms with Crippen molar-refractivity contribution in [2.24, 2.45) is 0 Å². The van der Waals surface area contributed by atoms with Crippen LogP contribution in [0.3, 0.4) is 0 Å². The molecule has 0 heterocycles. The Labute approximate surface area is 128 Å². The lowest BCUT2D eigenvalue weighted by molar-refractivity contribution is 0.0429. The van der Waals surface area contributed by atoms with Crippen LogP contribution in [0.5, 0.6) is 0 Å². The zero-order chi connectivity index (χ0) is 15.5. The molecule has 5 heteroatoms. The number of hydrogen-bond acceptors (Lipinski definition) is 4. The predicted octanol–water partition coefficient (Wildman–Crippen LogP) is 2.59. The maximum atomic E-state index is 11.7. The van der Waals surface area contributed by atoms with Crippen LogP contribution in [0.1, 0.15) is 59.3 Å². The van der Waals surface area contributed by atoms with Crippen LogP contribution < -0.4 is 10.6 Å². The van der Waals surface area contributed by atoms with Gasteiger partial charge in [-0.2, -0.15) is 0 Å². The Morgan fingerprint density at radius 1 is 1.05 bits per heavy atom. The third-order valence-electron chi connectivity index (χ3n) is 4.29. The summed E-state index contributed by atoms with van der Waals surface area (Å²) < 4.78 is 10.7. The molecule has 0 aromatic heterocycles. The molecule has 0 aliphatic heterocycles. The van der Waals surface area contributed by atoms with Gasteiger partial charge in [-0.25, -0.2) is 4.79 Å². The van der Waals surface area contributed by atoms with Crippen molar-refractivity contribution < 1.29 is 14.3 Å². The number of methoxy groups -OCH3 is 1. The number of rotatable bonds is 4. The monoisotopic (exact) mass is 298 g/mol. The molecule has 5 nitrogen and oxygen atoms in total. The molecule has 0 aromatic carbocycles. The Hall–Kier alpha value is -0.810. The van der Waals surface area contributed by atoms with Crippen molar-refractivity contribution in [1.82, 2.24) is 10.6 Å². The maximum absolute atomic E-state index is 11.7. The minimum Gasteiger partial charge on any atom is -0.444 e. The summed E-state index contributed by atoms with van der Waals surface area (Å²) in [5, 5.41) is 6.63. The molecule has 2 fully saturated rings. The summed E-state index contributed by atoms with van der Waals surface area (Å²) in [5.74, 6) is 0. The average Bonchev–Trinajstić information content (AvgIpc) is 2.34. The van der Waals surface area contributed by atoms with Gasteiger partial charge in [0.05, 0.1) is 6.10 Å². The SMILES string of the molecule is COC1CCCC(NC2CC(NC(=O)OC(C)(C)C)C2)C1. The van der Waals surface area contributed by atoms with E-state index in [1.54, 1.807) is 7.11 Å². The molecule has 2 aliphatic rings. The largest absolute Gasteiger partial charge is 0.444 e. The highest BCUT2D eigenvalue weighted by atomic mass is 16.6. The van der Waals surface area contributed by atoms with E-state index in [-0.39, 0.29) is 12.1 Å². The first-order valence-electron chi connectivity index (χ1n) is 8.14. The lowest BCUT2D eigenvalue weighted by Gasteiger charge is -2.40. The molecule has 122 valence electrons. The number of alkyl carbamates (subject to hydrolysis) is 1. The zero-order valence-electron chi connectivity index (χ0n) is 13.8. The van der Waals surface area contributed by atoms with Gasteiger partial charge in [0, 0.05) is 25.2 Å². The average molecular weight is 298 g/mol. The summed E-state index contributed by atoms with van der Waals surface area (Å²) in [6.45, 7) is 5.65. The van der Waals surface area contributed by atoms with Crippen LogP contribution in [0, 0.1) is 0 Å². The first kappa shape index (κ1) is 16.6. The van der Waals surface area contributed by atoms with Gasteiger partial charge in [0.2, 0.25) is 0 Å². The molecule has 2 rings (SSSR count). The fourth-order valence-corrected chi connectivity index (χ4v) is 3.19. The molecule has 2 unspecified atom stereocenters. The highest BCUT2D eigenvalue weighted by molar-refractivity contribution is 5.68. The zero-order valence-corrected chi connectivity index (χ0v) is 13.8. The molecular formula is C16H30N2O3. The van der Waals surface area contributed by atoms with E-state index < -0.39 is 5.60 Å². The smallest absolute Gasteiger partial charge is 0.407 e. The first-order valence-corrected chi connectivity index (χ1v) is 8.14. The van der Waals surface area contributed by atoms with E-state index in [0.717, 1.165) is 19.3 Å². The standard InChI is InChI=1S/C16H30N2O3/c1-16(2,3)21-15(19)18-13-8-12(9-13)17-11-6-5-7-14(10-11)20-4/h11-14,17H,5-10H2,1-4H3,(H,18,19). The van der Waals surface area contributed by atoms with Crippen molar-refractivity contribution in [1.29, 1.82) is 0 Å². The molecule has 0 radical (unpaired) electrons. The number of carbonyl (C=O) groups is 1. The lowest BCUT2D eigenvalue weighted by Crippen LogP contribution is -2.56. The minimum atomic E-state index is -0.428. The van der Waals surface area contributed by atoms with Gasteiger partial charge >= 0.3 is 6.09 Å². The lowest BCUT2D eigenvalue weighted by atomic mass is 9.84. The van der Waals surface area contributed by atoms with Crippen LogP contribution in [-0.2, 0) is 9.47 Å². The van der Waals surface area contributed by atoms with Crippen LogP contribution >= 0.6 is 0 Å². The highest BCUT2D eigenvalue weighted by Gasteiger charge is 2.34. The number of ether oxygens (including phenoxy) is 2. The Balaban J connectivity index is 1.62. The number of hydrogen-bond donors (Lipinski definition) is 2. The fourth-order valence-electron chi connectivity index (χ4n) is 3.19. The van der Waals surface area contributed by atoms with Gasteiger partial charge < -0.3 is 20.1 Å². The second-order valence-corrected chi connectivity index (χ2v) is 7.40. The molecule has 1 amide bonds. The Morgan fingerprint density at radius 3 is 2.38 bits per heavy atom. The van der Waals surface area contributed by atoms with E-state index >= 15 is 0 Å². The van der Waals surface area contributed by atoms with Crippen LogP contribution in [0.2, 0.25) is 0 Å². The van der Waals surface area contributed by atoms with E-state index in [1.807, 2.05) is 20.8 Å². The Morgan fingerprint density at radius 2 is 1.76 bits per heavy atom. The van der Waals surface area contributed by atoms with E-state index in [9.17, 15) is 4.79 Å². The number of carbonyl (C=O) groups excluding carboxylic acids is 1. The third kappa shape index (κ3) is 5.47. The van der Waals surface area contributed by atoms with Crippen molar-refractivity contribution in [3.63, 3.8) is 0 Å². The van der Waals surface area contributed by atoms with Gasteiger partial charge in [0.15, 0.2) is 0 Å². The van der Waals surface area contributed by atoms with Gasteiger partial charge in [-0.15, -0.1) is 0 Å². The summed E-state index contributed by atoms with van der Waals surface area (Å²) in [4.78, 5) is 11.7. The van der Waals surface area contributed by atoms with Crippen LogP contribution in [-0.4, -0.2) is 43.0 Å². The fraction of sp³-hybridized carbons (Fsp3) is 0.938. The van der Waals surface area contributed by atoms with E-state index in [0.29, 0.717) is 18.2 Å².